The number of fused-ring (bicyclic) bond motifs is 1. The molecule has 33 heavy (non-hydrogen) atoms. The first-order chi connectivity index (χ1) is 15.7. The van der Waals surface area contributed by atoms with E-state index in [0.717, 1.165) is 16.2 Å². The van der Waals surface area contributed by atoms with Crippen molar-refractivity contribution in [2.24, 2.45) is 0 Å². The molecule has 0 radical (unpaired) electrons. The minimum atomic E-state index is -3.83. The molecule has 4 rings (SSSR count). The monoisotopic (exact) mass is 491 g/mol. The lowest BCUT2D eigenvalue weighted by Gasteiger charge is -2.36. The first-order valence-corrected chi connectivity index (χ1v) is 12.4. The molecule has 0 N–H and O–H groups in total. The van der Waals surface area contributed by atoms with Gasteiger partial charge in [-0.3, -0.25) is 19.3 Å². The molecule has 1 aromatic heterocycles. The first kappa shape index (κ1) is 23.1. The number of thiophene rings is 1. The Balaban J connectivity index is 1.42. The summed E-state index contributed by atoms with van der Waals surface area (Å²) < 4.78 is 31.7. The number of ether oxygens (including phenoxy) is 1. The average Bonchev–Trinajstić information content (AvgIpc) is 3.42. The van der Waals surface area contributed by atoms with E-state index >= 15 is 0 Å². The Hall–Kier alpha value is -3.09. The predicted octanol–water partition coefficient (Wildman–Crippen LogP) is 1.05. The molecule has 1 aromatic carbocycles. The van der Waals surface area contributed by atoms with Crippen LogP contribution >= 0.6 is 11.3 Å². The van der Waals surface area contributed by atoms with E-state index in [1.165, 1.54) is 34.7 Å². The zero-order chi connectivity index (χ0) is 23.9. The van der Waals surface area contributed by atoms with Gasteiger partial charge in [0.1, 0.15) is 10.3 Å². The van der Waals surface area contributed by atoms with E-state index < -0.39 is 39.8 Å². The van der Waals surface area contributed by atoms with Crippen molar-refractivity contribution in [1.29, 1.82) is 0 Å². The third-order valence-corrected chi connectivity index (χ3v) is 9.02. The molecule has 1 fully saturated rings. The second kappa shape index (κ2) is 8.69. The van der Waals surface area contributed by atoms with Gasteiger partial charge in [-0.25, -0.2) is 13.2 Å². The normalized spacial score (nSPS) is 17.8. The number of hydrogen-bond donors (Lipinski definition) is 0. The van der Waals surface area contributed by atoms with Crippen LogP contribution in [-0.2, 0) is 19.6 Å². The molecule has 0 saturated carbocycles. The van der Waals surface area contributed by atoms with Crippen LogP contribution in [0, 0.1) is 0 Å². The quantitative estimate of drug-likeness (QED) is 0.453. The number of amides is 3. The number of esters is 1. The van der Waals surface area contributed by atoms with Gasteiger partial charge in [0.15, 0.2) is 0 Å². The SMILES string of the molecule is COC(=O)c1csc(S(=O)(=O)N2CCN(C(=O)C(C)N3C(=O)c4ccccc4C3=O)CC2)c1. The number of carbonyl (C=O) groups excluding carboxylic acids is 4. The molecule has 2 aliphatic heterocycles. The summed E-state index contributed by atoms with van der Waals surface area (Å²) in [6.07, 6.45) is 0. The van der Waals surface area contributed by atoms with Gasteiger partial charge in [0.25, 0.3) is 21.8 Å². The first-order valence-electron chi connectivity index (χ1n) is 10.1. The van der Waals surface area contributed by atoms with Gasteiger partial charge in [-0.05, 0) is 25.1 Å². The lowest BCUT2D eigenvalue weighted by Crippen LogP contribution is -2.55. The third kappa shape index (κ3) is 3.94. The molecular weight excluding hydrogens is 470 g/mol. The smallest absolute Gasteiger partial charge is 0.338 e. The van der Waals surface area contributed by atoms with E-state index in [1.807, 2.05) is 0 Å². The van der Waals surface area contributed by atoms with E-state index in [9.17, 15) is 27.6 Å². The number of piperazine rings is 1. The minimum absolute atomic E-state index is 0.0158. The third-order valence-electron chi connectivity index (χ3n) is 5.71. The number of imide groups is 1. The van der Waals surface area contributed by atoms with Crippen LogP contribution in [0.4, 0.5) is 0 Å². The number of carbonyl (C=O) groups is 4. The molecule has 3 amide bonds. The Morgan fingerprint density at radius 3 is 2.15 bits per heavy atom. The number of hydrogen-bond acceptors (Lipinski definition) is 8. The highest BCUT2D eigenvalue weighted by molar-refractivity contribution is 7.91. The molecule has 1 atom stereocenters. The van der Waals surface area contributed by atoms with Gasteiger partial charge in [0.05, 0.1) is 23.8 Å². The lowest BCUT2D eigenvalue weighted by atomic mass is 10.1. The van der Waals surface area contributed by atoms with Crippen LogP contribution in [0.1, 0.15) is 38.0 Å². The highest BCUT2D eigenvalue weighted by atomic mass is 32.2. The second-order valence-electron chi connectivity index (χ2n) is 7.58. The van der Waals surface area contributed by atoms with Crippen molar-refractivity contribution in [3.63, 3.8) is 0 Å². The topological polar surface area (TPSA) is 121 Å². The summed E-state index contributed by atoms with van der Waals surface area (Å²) >= 11 is 0.924. The molecule has 1 unspecified atom stereocenters. The molecule has 1 saturated heterocycles. The standard InChI is InChI=1S/C21H21N3O7S2/c1-13(24-19(26)15-5-3-4-6-16(15)20(24)27)18(25)22-7-9-23(10-8-22)33(29,30)17-11-14(12-32-17)21(28)31-2/h3-6,11-13H,7-10H2,1-2H3. The van der Waals surface area contributed by atoms with Crippen LogP contribution in [0.2, 0.25) is 0 Å². The van der Waals surface area contributed by atoms with Crippen molar-refractivity contribution < 1.29 is 32.3 Å². The lowest BCUT2D eigenvalue weighted by molar-refractivity contribution is -0.136. The molecule has 12 heteroatoms. The van der Waals surface area contributed by atoms with Gasteiger partial charge in [0, 0.05) is 31.6 Å². The maximum atomic E-state index is 13.0. The maximum Gasteiger partial charge on any atom is 0.338 e. The Kier molecular flexibility index (Phi) is 6.08. The fourth-order valence-electron chi connectivity index (χ4n) is 3.89. The Labute approximate surface area is 194 Å². The zero-order valence-corrected chi connectivity index (χ0v) is 19.5. The van der Waals surface area contributed by atoms with Crippen molar-refractivity contribution in [3.8, 4) is 0 Å². The second-order valence-corrected chi connectivity index (χ2v) is 10.7. The molecule has 0 bridgehead atoms. The van der Waals surface area contributed by atoms with E-state index in [4.69, 9.17) is 0 Å². The fraction of sp³-hybridized carbons (Fsp3) is 0.333. The van der Waals surface area contributed by atoms with Crippen LogP contribution in [0.3, 0.4) is 0 Å². The highest BCUT2D eigenvalue weighted by Gasteiger charge is 2.42. The number of nitrogens with zero attached hydrogens (tertiary/aromatic N) is 3. The van der Waals surface area contributed by atoms with Crippen molar-refractivity contribution in [3.05, 3.63) is 52.4 Å². The fourth-order valence-corrected chi connectivity index (χ4v) is 6.61. The van der Waals surface area contributed by atoms with Gasteiger partial charge < -0.3 is 9.64 Å². The number of sulfonamides is 1. The number of rotatable bonds is 5. The van der Waals surface area contributed by atoms with Crippen LogP contribution in [0.15, 0.2) is 39.9 Å². The van der Waals surface area contributed by atoms with Gasteiger partial charge in [0.2, 0.25) is 5.91 Å². The van der Waals surface area contributed by atoms with Crippen LogP contribution < -0.4 is 0 Å². The predicted molar refractivity (Wildman–Crippen MR) is 117 cm³/mol. The summed E-state index contributed by atoms with van der Waals surface area (Å²) in [5.41, 5.74) is 0.685. The summed E-state index contributed by atoms with van der Waals surface area (Å²) in [6.45, 7) is 1.82. The van der Waals surface area contributed by atoms with Crippen LogP contribution in [0.5, 0.6) is 0 Å². The summed E-state index contributed by atoms with van der Waals surface area (Å²) in [7, 11) is -2.62. The summed E-state index contributed by atoms with van der Waals surface area (Å²) in [5.74, 6) is -2.08. The van der Waals surface area contributed by atoms with E-state index in [0.29, 0.717) is 0 Å². The van der Waals surface area contributed by atoms with E-state index in [1.54, 1.807) is 24.3 Å². The van der Waals surface area contributed by atoms with Crippen molar-refractivity contribution in [2.45, 2.75) is 17.2 Å². The molecule has 2 aromatic rings. The van der Waals surface area contributed by atoms with E-state index in [2.05, 4.69) is 4.74 Å². The molecule has 0 spiro atoms. The zero-order valence-electron chi connectivity index (χ0n) is 17.9. The van der Waals surface area contributed by atoms with E-state index in [-0.39, 0.29) is 47.1 Å². The maximum absolute atomic E-state index is 13.0. The molecular formula is C21H21N3O7S2. The highest BCUT2D eigenvalue weighted by Crippen LogP contribution is 2.27. The summed E-state index contributed by atoms with van der Waals surface area (Å²) in [5, 5.41) is 1.42. The van der Waals surface area contributed by atoms with Gasteiger partial charge in [-0.2, -0.15) is 4.31 Å². The minimum Gasteiger partial charge on any atom is -0.465 e. The summed E-state index contributed by atoms with van der Waals surface area (Å²) in [4.78, 5) is 52.4. The Morgan fingerprint density at radius 2 is 1.61 bits per heavy atom. The van der Waals surface area contributed by atoms with Gasteiger partial charge >= 0.3 is 5.97 Å². The largest absolute Gasteiger partial charge is 0.465 e. The van der Waals surface area contributed by atoms with Gasteiger partial charge in [-0.1, -0.05) is 12.1 Å². The average molecular weight is 492 g/mol. The van der Waals surface area contributed by atoms with Crippen molar-refractivity contribution in [2.75, 3.05) is 33.3 Å². The van der Waals surface area contributed by atoms with Crippen molar-refractivity contribution in [1.82, 2.24) is 14.1 Å². The van der Waals surface area contributed by atoms with Crippen molar-refractivity contribution >= 4 is 45.1 Å². The Morgan fingerprint density at radius 1 is 1.03 bits per heavy atom. The molecule has 10 nitrogen and oxygen atoms in total. The molecule has 3 heterocycles. The van der Waals surface area contributed by atoms with Crippen LogP contribution in [0.25, 0.3) is 0 Å². The van der Waals surface area contributed by atoms with Gasteiger partial charge in [-0.15, -0.1) is 11.3 Å². The van der Waals surface area contributed by atoms with Crippen LogP contribution in [-0.4, -0.2) is 85.5 Å². The summed E-state index contributed by atoms with van der Waals surface area (Å²) in [6, 6.07) is 6.66. The Bertz CT molecular complexity index is 1210. The molecule has 0 aliphatic carbocycles. The molecule has 174 valence electrons. The number of methoxy groups -OCH3 is 1. The number of benzene rings is 1. The molecule has 2 aliphatic rings.